The molecule has 1 amide bonds. The second-order valence-corrected chi connectivity index (χ2v) is 5.10. The molecule has 0 radical (unpaired) electrons. The Morgan fingerprint density at radius 2 is 1.81 bits per heavy atom. The van der Waals surface area contributed by atoms with Crippen molar-refractivity contribution in [2.75, 3.05) is 17.2 Å². The fourth-order valence-electron chi connectivity index (χ4n) is 1.78. The number of hydrogen-bond acceptors (Lipinski definition) is 2. The number of halogens is 2. The van der Waals surface area contributed by atoms with Gasteiger partial charge in [-0.25, -0.2) is 4.39 Å². The molecule has 0 aromatic heterocycles. The summed E-state index contributed by atoms with van der Waals surface area (Å²) in [6.45, 7) is 2.37. The first-order valence-electron chi connectivity index (χ1n) is 6.60. The van der Waals surface area contributed by atoms with Gasteiger partial charge in [0.25, 0.3) is 0 Å². The van der Waals surface area contributed by atoms with Gasteiger partial charge < -0.3 is 10.6 Å². The van der Waals surface area contributed by atoms with E-state index in [0.29, 0.717) is 23.7 Å². The molecule has 2 N–H and O–H groups in total. The Balaban J connectivity index is 1.79. The molecule has 0 spiro atoms. The molecule has 0 saturated carbocycles. The molecule has 0 saturated heterocycles. The van der Waals surface area contributed by atoms with E-state index >= 15 is 0 Å². The molecular weight excluding hydrogens is 291 g/mol. The molecule has 0 atom stereocenters. The molecule has 0 unspecified atom stereocenters. The SMILES string of the molecule is Cc1ccc(NC(=O)CCNc2ccc(F)cc2)cc1Cl. The minimum Gasteiger partial charge on any atom is -0.385 e. The lowest BCUT2D eigenvalue weighted by Gasteiger charge is -2.08. The number of benzene rings is 2. The largest absolute Gasteiger partial charge is 0.385 e. The second kappa shape index (κ2) is 7.09. The molecule has 0 aliphatic rings. The van der Waals surface area contributed by atoms with Gasteiger partial charge in [0, 0.05) is 29.4 Å². The van der Waals surface area contributed by atoms with E-state index < -0.39 is 0 Å². The zero-order chi connectivity index (χ0) is 15.2. The quantitative estimate of drug-likeness (QED) is 0.868. The van der Waals surface area contributed by atoms with Crippen molar-refractivity contribution in [3.63, 3.8) is 0 Å². The highest BCUT2D eigenvalue weighted by Crippen LogP contribution is 2.20. The maximum atomic E-state index is 12.7. The van der Waals surface area contributed by atoms with Gasteiger partial charge >= 0.3 is 0 Å². The average Bonchev–Trinajstić information content (AvgIpc) is 2.45. The molecule has 21 heavy (non-hydrogen) atoms. The van der Waals surface area contributed by atoms with Gasteiger partial charge in [0.05, 0.1) is 0 Å². The first-order valence-corrected chi connectivity index (χ1v) is 6.98. The van der Waals surface area contributed by atoms with Crippen molar-refractivity contribution in [1.29, 1.82) is 0 Å². The fourth-order valence-corrected chi connectivity index (χ4v) is 1.96. The summed E-state index contributed by atoms with van der Waals surface area (Å²) < 4.78 is 12.7. The van der Waals surface area contributed by atoms with Crippen LogP contribution in [0.25, 0.3) is 0 Å². The monoisotopic (exact) mass is 306 g/mol. The Hall–Kier alpha value is -2.07. The fraction of sp³-hybridized carbons (Fsp3) is 0.188. The van der Waals surface area contributed by atoms with E-state index in [-0.39, 0.29) is 11.7 Å². The molecule has 110 valence electrons. The van der Waals surface area contributed by atoms with Gasteiger partial charge in [0.1, 0.15) is 5.82 Å². The smallest absolute Gasteiger partial charge is 0.226 e. The Bertz CT molecular complexity index is 629. The first-order chi connectivity index (χ1) is 10.0. The van der Waals surface area contributed by atoms with Crippen molar-refractivity contribution >= 4 is 28.9 Å². The first kappa shape index (κ1) is 15.3. The highest BCUT2D eigenvalue weighted by molar-refractivity contribution is 6.31. The number of nitrogens with one attached hydrogen (secondary N) is 2. The van der Waals surface area contributed by atoms with Crippen molar-refractivity contribution in [2.24, 2.45) is 0 Å². The van der Waals surface area contributed by atoms with Crippen LogP contribution in [0.3, 0.4) is 0 Å². The standard InChI is InChI=1S/C16H16ClFN2O/c1-11-2-5-14(10-15(11)17)20-16(21)8-9-19-13-6-3-12(18)4-7-13/h2-7,10,19H,8-9H2,1H3,(H,20,21). The molecular formula is C16H16ClFN2O. The summed E-state index contributed by atoms with van der Waals surface area (Å²) in [5.41, 5.74) is 2.42. The minimum atomic E-state index is -0.283. The van der Waals surface area contributed by atoms with E-state index in [4.69, 9.17) is 11.6 Å². The molecule has 3 nitrogen and oxygen atoms in total. The van der Waals surface area contributed by atoms with E-state index in [1.54, 1.807) is 18.2 Å². The van der Waals surface area contributed by atoms with Crippen molar-refractivity contribution in [1.82, 2.24) is 0 Å². The minimum absolute atomic E-state index is 0.107. The van der Waals surface area contributed by atoms with Crippen molar-refractivity contribution < 1.29 is 9.18 Å². The van der Waals surface area contributed by atoms with Crippen molar-refractivity contribution in [3.05, 3.63) is 58.9 Å². The van der Waals surface area contributed by atoms with Gasteiger partial charge in [0.2, 0.25) is 5.91 Å². The number of aryl methyl sites for hydroxylation is 1. The van der Waals surface area contributed by atoms with E-state index in [1.165, 1.54) is 12.1 Å². The van der Waals surface area contributed by atoms with Crippen LogP contribution in [0.2, 0.25) is 5.02 Å². The van der Waals surface area contributed by atoms with Crippen LogP contribution < -0.4 is 10.6 Å². The van der Waals surface area contributed by atoms with Crippen LogP contribution in [-0.4, -0.2) is 12.5 Å². The lowest BCUT2D eigenvalue weighted by atomic mass is 10.2. The molecule has 0 fully saturated rings. The Morgan fingerprint density at radius 3 is 2.48 bits per heavy atom. The number of carbonyl (C=O) groups excluding carboxylic acids is 1. The summed E-state index contributed by atoms with van der Waals surface area (Å²) in [6, 6.07) is 11.4. The van der Waals surface area contributed by atoms with Crippen LogP contribution in [0.4, 0.5) is 15.8 Å². The number of anilines is 2. The molecule has 0 aliphatic carbocycles. The Kier molecular flexibility index (Phi) is 5.17. The number of hydrogen-bond donors (Lipinski definition) is 2. The van der Waals surface area contributed by atoms with Crippen molar-refractivity contribution in [2.45, 2.75) is 13.3 Å². The third-order valence-electron chi connectivity index (χ3n) is 2.98. The summed E-state index contributed by atoms with van der Waals surface area (Å²) >= 11 is 6.00. The normalized spacial score (nSPS) is 10.2. The predicted molar refractivity (Wildman–Crippen MR) is 84.3 cm³/mol. The number of carbonyl (C=O) groups is 1. The molecule has 2 aromatic carbocycles. The molecule has 2 aromatic rings. The average molecular weight is 307 g/mol. The van der Waals surface area contributed by atoms with Gasteiger partial charge in [-0.1, -0.05) is 17.7 Å². The topological polar surface area (TPSA) is 41.1 Å². The van der Waals surface area contributed by atoms with E-state index in [0.717, 1.165) is 11.3 Å². The van der Waals surface area contributed by atoms with Crippen LogP contribution in [0.1, 0.15) is 12.0 Å². The van der Waals surface area contributed by atoms with Crippen LogP contribution >= 0.6 is 11.6 Å². The number of amides is 1. The maximum Gasteiger partial charge on any atom is 0.226 e. The molecule has 2 rings (SSSR count). The summed E-state index contributed by atoms with van der Waals surface area (Å²) in [5, 5.41) is 6.46. The van der Waals surface area contributed by atoms with Crippen LogP contribution in [-0.2, 0) is 4.79 Å². The summed E-state index contributed by atoms with van der Waals surface area (Å²) in [5.74, 6) is -0.390. The van der Waals surface area contributed by atoms with Gasteiger partial charge in [-0.2, -0.15) is 0 Å². The van der Waals surface area contributed by atoms with Gasteiger partial charge in [-0.3, -0.25) is 4.79 Å². The summed E-state index contributed by atoms with van der Waals surface area (Å²) in [6.07, 6.45) is 0.308. The Morgan fingerprint density at radius 1 is 1.14 bits per heavy atom. The third-order valence-corrected chi connectivity index (χ3v) is 3.39. The van der Waals surface area contributed by atoms with Crippen LogP contribution in [0.15, 0.2) is 42.5 Å². The lowest BCUT2D eigenvalue weighted by molar-refractivity contribution is -0.115. The van der Waals surface area contributed by atoms with Gasteiger partial charge in [-0.15, -0.1) is 0 Å². The zero-order valence-electron chi connectivity index (χ0n) is 11.6. The number of rotatable bonds is 5. The molecule has 0 bridgehead atoms. The summed E-state index contributed by atoms with van der Waals surface area (Å²) in [7, 11) is 0. The summed E-state index contributed by atoms with van der Waals surface area (Å²) in [4.78, 5) is 11.8. The van der Waals surface area contributed by atoms with Gasteiger partial charge in [0.15, 0.2) is 0 Å². The predicted octanol–water partition coefficient (Wildman–Crippen LogP) is 4.23. The lowest BCUT2D eigenvalue weighted by Crippen LogP contribution is -2.16. The zero-order valence-corrected chi connectivity index (χ0v) is 12.4. The molecule has 0 aliphatic heterocycles. The molecule has 5 heteroatoms. The van der Waals surface area contributed by atoms with Gasteiger partial charge in [-0.05, 0) is 48.9 Å². The Labute approximate surface area is 128 Å². The highest BCUT2D eigenvalue weighted by Gasteiger charge is 2.04. The second-order valence-electron chi connectivity index (χ2n) is 4.70. The maximum absolute atomic E-state index is 12.7. The van der Waals surface area contributed by atoms with E-state index in [1.807, 2.05) is 19.1 Å². The van der Waals surface area contributed by atoms with Crippen LogP contribution in [0.5, 0.6) is 0 Å². The third kappa shape index (κ3) is 4.76. The van der Waals surface area contributed by atoms with Crippen LogP contribution in [0, 0.1) is 12.7 Å². The van der Waals surface area contributed by atoms with E-state index in [9.17, 15) is 9.18 Å². The van der Waals surface area contributed by atoms with E-state index in [2.05, 4.69) is 10.6 Å². The molecule has 0 heterocycles. The highest BCUT2D eigenvalue weighted by atomic mass is 35.5. The van der Waals surface area contributed by atoms with Crippen molar-refractivity contribution in [3.8, 4) is 0 Å².